The number of rotatable bonds is 2. The first kappa shape index (κ1) is 14.3. The molecule has 3 heterocycles. The highest BCUT2D eigenvalue weighted by molar-refractivity contribution is 6.52. The fraction of sp³-hybridized carbons (Fsp3) is 0.375. The molecule has 7 heteroatoms. The average molecular weight is 312 g/mol. The molecule has 1 saturated carbocycles. The Labute approximate surface area is 133 Å². The molecule has 0 saturated heterocycles. The molecule has 0 aromatic carbocycles. The van der Waals surface area contributed by atoms with E-state index in [9.17, 15) is 9.82 Å². The zero-order valence-electron chi connectivity index (χ0n) is 12.5. The van der Waals surface area contributed by atoms with Gasteiger partial charge in [-0.25, -0.2) is 4.98 Å². The van der Waals surface area contributed by atoms with Crippen LogP contribution in [0.1, 0.15) is 31.2 Å². The number of carboxylic acid groups (broad SMARTS) is 1. The van der Waals surface area contributed by atoms with Crippen LogP contribution in [0.25, 0.3) is 16.6 Å². The summed E-state index contributed by atoms with van der Waals surface area (Å²) in [4.78, 5) is 18.5. The van der Waals surface area contributed by atoms with Gasteiger partial charge in [0.15, 0.2) is 0 Å². The summed E-state index contributed by atoms with van der Waals surface area (Å²) >= 11 is 0. The van der Waals surface area contributed by atoms with E-state index < -0.39 is 13.1 Å². The van der Waals surface area contributed by atoms with Crippen molar-refractivity contribution in [2.24, 2.45) is 11.8 Å². The minimum atomic E-state index is -0.979. The maximum atomic E-state index is 11.1. The molecule has 1 aliphatic carbocycles. The number of aromatic amines is 1. The van der Waals surface area contributed by atoms with E-state index in [4.69, 9.17) is 9.76 Å². The molecule has 6 nitrogen and oxygen atoms in total. The number of hydrogen-bond acceptors (Lipinski definition) is 4. The van der Waals surface area contributed by atoms with Crippen LogP contribution >= 0.6 is 0 Å². The molecule has 0 radical (unpaired) electrons. The number of pyridine rings is 1. The smallest absolute Gasteiger partial charge is 0.531 e. The molecule has 0 atom stereocenters. The summed E-state index contributed by atoms with van der Waals surface area (Å²) in [5, 5.41) is 20.1. The molecule has 3 N–H and O–H groups in total. The molecule has 2 aromatic rings. The summed E-state index contributed by atoms with van der Waals surface area (Å²) in [6.07, 6.45) is 6.43. The second kappa shape index (κ2) is 5.42. The van der Waals surface area contributed by atoms with Crippen molar-refractivity contribution in [3.8, 4) is 5.75 Å². The topological polar surface area (TPSA) is 95.4 Å². The van der Waals surface area contributed by atoms with Gasteiger partial charge in [-0.2, -0.15) is 0 Å². The summed E-state index contributed by atoms with van der Waals surface area (Å²) in [7, 11) is -0.979. The Morgan fingerprint density at radius 2 is 2.13 bits per heavy atom. The highest BCUT2D eigenvalue weighted by Gasteiger charge is 2.34. The summed E-state index contributed by atoms with van der Waals surface area (Å²) in [6, 6.07) is 1.96. The highest BCUT2D eigenvalue weighted by atomic mass is 16.5. The minimum absolute atomic E-state index is 0.239. The van der Waals surface area contributed by atoms with E-state index in [1.807, 2.05) is 12.3 Å². The monoisotopic (exact) mass is 312 g/mol. The number of nitrogens with one attached hydrogen (secondary N) is 1. The van der Waals surface area contributed by atoms with Gasteiger partial charge in [-0.1, -0.05) is 0 Å². The van der Waals surface area contributed by atoms with Crippen molar-refractivity contribution in [2.75, 3.05) is 0 Å². The fourth-order valence-electron chi connectivity index (χ4n) is 3.77. The molecule has 2 aliphatic rings. The number of aromatic nitrogens is 2. The highest BCUT2D eigenvalue weighted by Crippen LogP contribution is 2.44. The lowest BCUT2D eigenvalue weighted by Gasteiger charge is -2.31. The zero-order valence-corrected chi connectivity index (χ0v) is 12.5. The lowest BCUT2D eigenvalue weighted by atomic mass is 9.71. The van der Waals surface area contributed by atoms with Crippen LogP contribution in [-0.4, -0.2) is 33.2 Å². The van der Waals surface area contributed by atoms with Crippen molar-refractivity contribution in [2.45, 2.75) is 25.7 Å². The third-order valence-electron chi connectivity index (χ3n) is 4.93. The predicted octanol–water partition coefficient (Wildman–Crippen LogP) is 2.25. The van der Waals surface area contributed by atoms with Gasteiger partial charge in [0, 0.05) is 17.1 Å². The van der Waals surface area contributed by atoms with E-state index in [0.717, 1.165) is 35.0 Å². The Morgan fingerprint density at radius 3 is 2.87 bits per heavy atom. The zero-order chi connectivity index (χ0) is 16.0. The lowest BCUT2D eigenvalue weighted by molar-refractivity contribution is -0.142. The van der Waals surface area contributed by atoms with E-state index in [0.29, 0.717) is 18.6 Å². The molecule has 118 valence electrons. The maximum absolute atomic E-state index is 11.1. The van der Waals surface area contributed by atoms with Crippen LogP contribution in [0.4, 0.5) is 0 Å². The quantitative estimate of drug-likeness (QED) is 0.739. The number of hydrogen-bond donors (Lipinski definition) is 3. The van der Waals surface area contributed by atoms with Crippen molar-refractivity contribution in [3.63, 3.8) is 0 Å². The van der Waals surface area contributed by atoms with Gasteiger partial charge in [0.25, 0.3) is 0 Å². The second-order valence-corrected chi connectivity index (χ2v) is 6.25. The Morgan fingerprint density at radius 1 is 1.35 bits per heavy atom. The van der Waals surface area contributed by atoms with Crippen molar-refractivity contribution in [1.29, 1.82) is 0 Å². The van der Waals surface area contributed by atoms with Gasteiger partial charge in [-0.15, -0.1) is 0 Å². The number of carboxylic acids is 1. The van der Waals surface area contributed by atoms with Gasteiger partial charge in [-0.05, 0) is 49.2 Å². The van der Waals surface area contributed by atoms with Crippen LogP contribution < -0.4 is 4.65 Å². The molecule has 0 amide bonds. The number of H-pyrrole nitrogens is 1. The van der Waals surface area contributed by atoms with E-state index in [1.54, 1.807) is 12.2 Å². The number of carbonyl (C=O) groups is 1. The fourth-order valence-corrected chi connectivity index (χ4v) is 3.77. The third-order valence-corrected chi connectivity index (χ3v) is 4.93. The van der Waals surface area contributed by atoms with Crippen LogP contribution in [0.2, 0.25) is 0 Å². The van der Waals surface area contributed by atoms with Gasteiger partial charge in [0.05, 0.1) is 12.1 Å². The Kier molecular flexibility index (Phi) is 3.38. The average Bonchev–Trinajstić information content (AvgIpc) is 3.02. The van der Waals surface area contributed by atoms with Gasteiger partial charge < -0.3 is 19.8 Å². The van der Waals surface area contributed by atoms with Crippen LogP contribution in [0.3, 0.4) is 0 Å². The Hall–Kier alpha value is -2.28. The summed E-state index contributed by atoms with van der Waals surface area (Å²) in [6.45, 7) is 0. The second-order valence-electron chi connectivity index (χ2n) is 6.25. The maximum Gasteiger partial charge on any atom is 0.552 e. The SMILES string of the molecule is O=C(O)C1CCC(C2=CB(O)Oc3cnc4[nH]ccc4c32)CC1. The van der Waals surface area contributed by atoms with Crippen LogP contribution in [0.15, 0.2) is 24.4 Å². The predicted molar refractivity (Wildman–Crippen MR) is 85.8 cm³/mol. The standard InChI is InChI=1S/C16H17BN2O4/c20-16(21)10-3-1-9(2-4-10)12-7-17(22)23-13-8-19-15-11(14(12)13)5-6-18-15/h5-10,22H,1-4H2,(H,18,19)(H,20,21). The molecular formula is C16H17BN2O4. The first-order valence-electron chi connectivity index (χ1n) is 7.89. The lowest BCUT2D eigenvalue weighted by Crippen LogP contribution is -2.28. The van der Waals surface area contributed by atoms with Crippen molar-refractivity contribution in [3.05, 3.63) is 30.0 Å². The first-order valence-corrected chi connectivity index (χ1v) is 7.89. The molecular weight excluding hydrogens is 295 g/mol. The summed E-state index contributed by atoms with van der Waals surface area (Å²) in [5.74, 6) is 1.62. The van der Waals surface area contributed by atoms with Gasteiger partial charge in [0.1, 0.15) is 11.4 Å². The van der Waals surface area contributed by atoms with Gasteiger partial charge in [0.2, 0.25) is 0 Å². The van der Waals surface area contributed by atoms with Crippen LogP contribution in [0.5, 0.6) is 5.75 Å². The van der Waals surface area contributed by atoms with E-state index >= 15 is 0 Å². The van der Waals surface area contributed by atoms with E-state index in [-0.39, 0.29) is 11.8 Å². The number of fused-ring (bicyclic) bond motifs is 3. The molecule has 23 heavy (non-hydrogen) atoms. The number of nitrogens with zero attached hydrogens (tertiary/aromatic N) is 1. The van der Waals surface area contributed by atoms with Crippen LogP contribution in [0, 0.1) is 11.8 Å². The summed E-state index contributed by atoms with van der Waals surface area (Å²) < 4.78 is 5.50. The van der Waals surface area contributed by atoms with Crippen molar-refractivity contribution >= 4 is 29.7 Å². The molecule has 0 unspecified atom stereocenters. The first-order chi connectivity index (χ1) is 11.1. The molecule has 2 aromatic heterocycles. The third kappa shape index (κ3) is 2.41. The van der Waals surface area contributed by atoms with Crippen LogP contribution in [-0.2, 0) is 4.79 Å². The van der Waals surface area contributed by atoms with Crippen molar-refractivity contribution < 1.29 is 19.6 Å². The largest absolute Gasteiger partial charge is 0.552 e. The molecule has 4 rings (SSSR count). The number of allylic oxidation sites excluding steroid dienone is 1. The molecule has 1 fully saturated rings. The minimum Gasteiger partial charge on any atom is -0.531 e. The molecule has 0 bridgehead atoms. The molecule has 1 aliphatic heterocycles. The van der Waals surface area contributed by atoms with E-state index in [2.05, 4.69) is 9.97 Å². The van der Waals surface area contributed by atoms with E-state index in [1.165, 1.54) is 0 Å². The Balaban J connectivity index is 1.72. The van der Waals surface area contributed by atoms with Gasteiger partial charge >= 0.3 is 13.1 Å². The molecule has 0 spiro atoms. The van der Waals surface area contributed by atoms with Gasteiger partial charge in [-0.3, -0.25) is 4.79 Å². The Bertz CT molecular complexity index is 792. The normalized spacial score (nSPS) is 24.0. The summed E-state index contributed by atoms with van der Waals surface area (Å²) in [5.41, 5.74) is 2.81. The van der Waals surface area contributed by atoms with Crippen molar-refractivity contribution in [1.82, 2.24) is 9.97 Å². The number of aliphatic carboxylic acids is 1.